The van der Waals surface area contributed by atoms with Gasteiger partial charge in [0.25, 0.3) is 5.89 Å². The smallest absolute Gasteiger partial charge is 0.307 e. The van der Waals surface area contributed by atoms with Gasteiger partial charge < -0.3 is 9.26 Å². The van der Waals surface area contributed by atoms with E-state index in [9.17, 15) is 9.59 Å². The highest BCUT2D eigenvalue weighted by molar-refractivity contribution is 7.14. The van der Waals surface area contributed by atoms with E-state index in [0.717, 1.165) is 17.7 Å². The van der Waals surface area contributed by atoms with Crippen LogP contribution in [0.1, 0.15) is 65.5 Å². The lowest BCUT2D eigenvalue weighted by Gasteiger charge is -2.08. The molecule has 2 aromatic rings. The van der Waals surface area contributed by atoms with Crippen molar-refractivity contribution in [3.8, 4) is 0 Å². The average Bonchev–Trinajstić information content (AvgIpc) is 3.14. The maximum atomic E-state index is 12.0. The van der Waals surface area contributed by atoms with Crippen molar-refractivity contribution in [3.05, 3.63) is 33.6 Å². The van der Waals surface area contributed by atoms with Crippen LogP contribution in [0, 0.1) is 6.92 Å². The Kier molecular flexibility index (Phi) is 6.04. The maximum Gasteiger partial charge on any atom is 0.307 e. The Morgan fingerprint density at radius 3 is 2.78 bits per heavy atom. The molecule has 1 unspecified atom stereocenters. The fourth-order valence-electron chi connectivity index (χ4n) is 1.99. The zero-order chi connectivity index (χ0) is 16.8. The summed E-state index contributed by atoms with van der Waals surface area (Å²) < 4.78 is 10.3. The van der Waals surface area contributed by atoms with Crippen LogP contribution in [0.15, 0.2) is 16.7 Å². The predicted octanol–water partition coefficient (Wildman–Crippen LogP) is 3.66. The Morgan fingerprint density at radius 1 is 1.35 bits per heavy atom. The lowest BCUT2D eigenvalue weighted by atomic mass is 10.2. The summed E-state index contributed by atoms with van der Waals surface area (Å²) in [5, 5.41) is 3.82. The number of carbonyl (C=O) groups is 2. The molecule has 0 spiro atoms. The number of thiophene rings is 1. The topological polar surface area (TPSA) is 82.3 Å². The van der Waals surface area contributed by atoms with Crippen LogP contribution in [0.3, 0.4) is 0 Å². The molecule has 6 nitrogen and oxygen atoms in total. The third-order valence-electron chi connectivity index (χ3n) is 3.18. The SMILES string of the molecule is CCCc1noc(C(C)OC(=O)CCC(=O)c2ccc(C)s2)n1. The van der Waals surface area contributed by atoms with Crippen molar-refractivity contribution in [2.24, 2.45) is 0 Å². The first-order chi connectivity index (χ1) is 11.0. The van der Waals surface area contributed by atoms with Gasteiger partial charge in [-0.25, -0.2) is 0 Å². The van der Waals surface area contributed by atoms with Crippen molar-refractivity contribution in [3.63, 3.8) is 0 Å². The van der Waals surface area contributed by atoms with E-state index in [2.05, 4.69) is 10.1 Å². The lowest BCUT2D eigenvalue weighted by molar-refractivity contribution is -0.149. The van der Waals surface area contributed by atoms with Crippen LogP contribution in [0.5, 0.6) is 0 Å². The first kappa shape index (κ1) is 17.3. The third-order valence-corrected chi connectivity index (χ3v) is 4.23. The van der Waals surface area contributed by atoms with Crippen LogP contribution in [-0.2, 0) is 16.0 Å². The number of ether oxygens (including phenoxy) is 1. The first-order valence-electron chi connectivity index (χ1n) is 7.61. The number of carbonyl (C=O) groups excluding carboxylic acids is 2. The summed E-state index contributed by atoms with van der Waals surface area (Å²) in [6.45, 7) is 5.63. The molecule has 0 radical (unpaired) electrons. The molecule has 0 aromatic carbocycles. The highest BCUT2D eigenvalue weighted by Gasteiger charge is 2.19. The van der Waals surface area contributed by atoms with Gasteiger partial charge in [-0.15, -0.1) is 11.3 Å². The Bertz CT molecular complexity index is 677. The van der Waals surface area contributed by atoms with Gasteiger partial charge in [-0.05, 0) is 32.4 Å². The molecule has 23 heavy (non-hydrogen) atoms. The van der Waals surface area contributed by atoms with Gasteiger partial charge in [0, 0.05) is 17.7 Å². The minimum absolute atomic E-state index is 0.0378. The van der Waals surface area contributed by atoms with Crippen molar-refractivity contribution < 1.29 is 18.8 Å². The van der Waals surface area contributed by atoms with E-state index >= 15 is 0 Å². The second-order valence-corrected chi connectivity index (χ2v) is 6.55. The Labute approximate surface area is 138 Å². The van der Waals surface area contributed by atoms with Crippen molar-refractivity contribution in [1.82, 2.24) is 10.1 Å². The average molecular weight is 336 g/mol. The molecule has 0 N–H and O–H groups in total. The van der Waals surface area contributed by atoms with Gasteiger partial charge in [-0.3, -0.25) is 9.59 Å². The van der Waals surface area contributed by atoms with Crippen molar-refractivity contribution >= 4 is 23.1 Å². The number of aryl methyl sites for hydroxylation is 2. The molecule has 0 saturated heterocycles. The maximum absolute atomic E-state index is 12.0. The fraction of sp³-hybridized carbons (Fsp3) is 0.500. The van der Waals surface area contributed by atoms with Gasteiger partial charge in [0.2, 0.25) is 0 Å². The summed E-state index contributed by atoms with van der Waals surface area (Å²) in [6.07, 6.45) is 1.20. The van der Waals surface area contributed by atoms with Gasteiger partial charge in [0.15, 0.2) is 17.7 Å². The lowest BCUT2D eigenvalue weighted by Crippen LogP contribution is -2.11. The van der Waals surface area contributed by atoms with Crippen LogP contribution in [0.2, 0.25) is 0 Å². The summed E-state index contributed by atoms with van der Waals surface area (Å²) in [6, 6.07) is 3.67. The van der Waals surface area contributed by atoms with E-state index in [1.165, 1.54) is 11.3 Å². The van der Waals surface area contributed by atoms with Gasteiger partial charge >= 0.3 is 5.97 Å². The van der Waals surface area contributed by atoms with Gasteiger partial charge in [-0.2, -0.15) is 4.98 Å². The van der Waals surface area contributed by atoms with E-state index in [-0.39, 0.29) is 24.5 Å². The molecule has 124 valence electrons. The Morgan fingerprint density at radius 2 is 2.13 bits per heavy atom. The highest BCUT2D eigenvalue weighted by Crippen LogP contribution is 2.19. The number of aromatic nitrogens is 2. The molecule has 0 aliphatic heterocycles. The Hall–Kier alpha value is -2.02. The summed E-state index contributed by atoms with van der Waals surface area (Å²) in [5.41, 5.74) is 0. The van der Waals surface area contributed by atoms with Crippen molar-refractivity contribution in [2.75, 3.05) is 0 Å². The zero-order valence-corrected chi connectivity index (χ0v) is 14.3. The molecular weight excluding hydrogens is 316 g/mol. The van der Waals surface area contributed by atoms with Crippen LogP contribution in [-0.4, -0.2) is 21.9 Å². The standard InChI is InChI=1S/C16H20N2O4S/c1-4-5-14-17-16(22-18-14)11(3)21-15(20)9-7-12(19)13-8-6-10(2)23-13/h6,8,11H,4-5,7,9H2,1-3H3. The fourth-order valence-corrected chi connectivity index (χ4v) is 2.82. The number of hydrogen-bond donors (Lipinski definition) is 0. The monoisotopic (exact) mass is 336 g/mol. The van der Waals surface area contributed by atoms with E-state index in [1.807, 2.05) is 19.9 Å². The van der Waals surface area contributed by atoms with Gasteiger partial charge in [-0.1, -0.05) is 12.1 Å². The summed E-state index contributed by atoms with van der Waals surface area (Å²) in [4.78, 5) is 29.7. The molecule has 0 fully saturated rings. The zero-order valence-electron chi connectivity index (χ0n) is 13.5. The second kappa shape index (κ2) is 8.01. The van der Waals surface area contributed by atoms with Crippen LogP contribution in [0.4, 0.5) is 0 Å². The molecule has 0 saturated carbocycles. The van der Waals surface area contributed by atoms with E-state index in [4.69, 9.17) is 9.26 Å². The molecule has 7 heteroatoms. The minimum atomic E-state index is -0.611. The van der Waals surface area contributed by atoms with E-state index < -0.39 is 12.1 Å². The number of ketones is 1. The minimum Gasteiger partial charge on any atom is -0.453 e. The molecular formula is C16H20N2O4S. The predicted molar refractivity (Wildman–Crippen MR) is 85.4 cm³/mol. The molecule has 2 rings (SSSR count). The number of hydrogen-bond acceptors (Lipinski definition) is 7. The van der Waals surface area contributed by atoms with Crippen LogP contribution in [0.25, 0.3) is 0 Å². The van der Waals surface area contributed by atoms with E-state index in [0.29, 0.717) is 10.7 Å². The Balaban J connectivity index is 1.80. The third kappa shape index (κ3) is 4.99. The normalized spacial score (nSPS) is 12.1. The molecule has 0 aliphatic rings. The van der Waals surface area contributed by atoms with Crippen molar-refractivity contribution in [1.29, 1.82) is 0 Å². The molecule has 0 aliphatic carbocycles. The first-order valence-corrected chi connectivity index (χ1v) is 8.42. The largest absolute Gasteiger partial charge is 0.453 e. The van der Waals surface area contributed by atoms with Gasteiger partial charge in [0.05, 0.1) is 11.3 Å². The van der Waals surface area contributed by atoms with Crippen molar-refractivity contribution in [2.45, 2.75) is 52.6 Å². The summed E-state index contributed by atoms with van der Waals surface area (Å²) in [7, 11) is 0. The molecule has 0 bridgehead atoms. The molecule has 0 amide bonds. The van der Waals surface area contributed by atoms with Crippen LogP contribution < -0.4 is 0 Å². The van der Waals surface area contributed by atoms with Gasteiger partial charge in [0.1, 0.15) is 0 Å². The number of nitrogens with zero attached hydrogens (tertiary/aromatic N) is 2. The summed E-state index contributed by atoms with van der Waals surface area (Å²) >= 11 is 1.43. The number of Topliss-reactive ketones (excluding diaryl/α,β-unsaturated/α-hetero) is 1. The molecule has 1 atom stereocenters. The number of esters is 1. The quantitative estimate of drug-likeness (QED) is 0.540. The second-order valence-electron chi connectivity index (χ2n) is 5.26. The highest BCUT2D eigenvalue weighted by atomic mass is 32.1. The summed E-state index contributed by atoms with van der Waals surface area (Å²) in [5.74, 6) is 0.390. The number of rotatable bonds is 8. The van der Waals surface area contributed by atoms with Crippen LogP contribution >= 0.6 is 11.3 Å². The van der Waals surface area contributed by atoms with E-state index in [1.54, 1.807) is 13.0 Å². The molecule has 2 heterocycles. The molecule has 2 aromatic heterocycles.